The second-order valence-electron chi connectivity index (χ2n) is 5.88. The lowest BCUT2D eigenvalue weighted by Gasteiger charge is -2.32. The minimum absolute atomic E-state index is 0.151. The Hall–Kier alpha value is -1.17. The van der Waals surface area contributed by atoms with Crippen LogP contribution in [-0.2, 0) is 17.8 Å². The number of rotatable bonds is 6. The smallest absolute Gasteiger partial charge is 0.225 e. The summed E-state index contributed by atoms with van der Waals surface area (Å²) in [6.07, 6.45) is 2.97. The molecule has 2 aromatic rings. The van der Waals surface area contributed by atoms with E-state index in [0.29, 0.717) is 12.3 Å². The van der Waals surface area contributed by atoms with E-state index in [1.165, 1.54) is 24.3 Å². The number of nitrogens with one attached hydrogen (secondary N) is 1. The van der Waals surface area contributed by atoms with Crippen LogP contribution in [-0.4, -0.2) is 30.4 Å². The van der Waals surface area contributed by atoms with Crippen molar-refractivity contribution in [2.75, 3.05) is 19.6 Å². The predicted octanol–water partition coefficient (Wildman–Crippen LogP) is 3.38. The Morgan fingerprint density at radius 3 is 2.73 bits per heavy atom. The van der Waals surface area contributed by atoms with E-state index >= 15 is 0 Å². The van der Waals surface area contributed by atoms with Crippen LogP contribution in [0.3, 0.4) is 0 Å². The molecule has 3 rings (SSSR count). The molecule has 1 atom stereocenters. The number of hydrogen-bond donors (Lipinski definition) is 1. The number of piperidine rings is 1. The highest BCUT2D eigenvalue weighted by atomic mass is 32.1. The van der Waals surface area contributed by atoms with E-state index in [0.717, 1.165) is 24.5 Å². The molecule has 2 aromatic heterocycles. The van der Waals surface area contributed by atoms with E-state index in [-0.39, 0.29) is 5.91 Å². The first-order valence-electron chi connectivity index (χ1n) is 7.83. The molecule has 0 bridgehead atoms. The number of carbonyl (C=O) groups is 1. The molecule has 3 heterocycles. The van der Waals surface area contributed by atoms with Crippen LogP contribution in [0.25, 0.3) is 0 Å². The van der Waals surface area contributed by atoms with Crippen molar-refractivity contribution in [1.29, 1.82) is 0 Å². The third-order valence-electron chi connectivity index (χ3n) is 4.07. The highest BCUT2D eigenvalue weighted by molar-refractivity contribution is 7.10. The molecule has 0 saturated carbocycles. The second-order valence-corrected chi connectivity index (χ2v) is 7.95. The van der Waals surface area contributed by atoms with Crippen LogP contribution in [0.2, 0.25) is 0 Å². The van der Waals surface area contributed by atoms with Gasteiger partial charge in [-0.1, -0.05) is 12.1 Å². The number of carbonyl (C=O) groups excluding carboxylic acids is 1. The minimum atomic E-state index is 0.151. The summed E-state index contributed by atoms with van der Waals surface area (Å²) in [6, 6.07) is 8.34. The van der Waals surface area contributed by atoms with Gasteiger partial charge in [0.05, 0.1) is 6.42 Å². The second kappa shape index (κ2) is 7.90. The molecule has 118 valence electrons. The molecule has 5 heteroatoms. The van der Waals surface area contributed by atoms with Gasteiger partial charge in [-0.3, -0.25) is 9.69 Å². The van der Waals surface area contributed by atoms with E-state index < -0.39 is 0 Å². The summed E-state index contributed by atoms with van der Waals surface area (Å²) < 4.78 is 0. The molecule has 0 radical (unpaired) electrons. The van der Waals surface area contributed by atoms with Gasteiger partial charge in [0.1, 0.15) is 0 Å². The molecule has 1 fully saturated rings. The minimum Gasteiger partial charge on any atom is -0.355 e. The van der Waals surface area contributed by atoms with Crippen molar-refractivity contribution in [1.82, 2.24) is 10.2 Å². The maximum atomic E-state index is 12.0. The number of thiophene rings is 2. The summed E-state index contributed by atoms with van der Waals surface area (Å²) in [7, 11) is 0. The number of likely N-dealkylation sites (tertiary alicyclic amines) is 1. The monoisotopic (exact) mass is 334 g/mol. The first-order chi connectivity index (χ1) is 10.8. The SMILES string of the molecule is O=C(Cc1cccs1)NC[C@@H]1CCCN(Cc2cccs2)C1. The van der Waals surface area contributed by atoms with Crippen LogP contribution < -0.4 is 5.32 Å². The van der Waals surface area contributed by atoms with Crippen LogP contribution in [0.1, 0.15) is 22.6 Å². The van der Waals surface area contributed by atoms with Gasteiger partial charge in [0.15, 0.2) is 0 Å². The van der Waals surface area contributed by atoms with Gasteiger partial charge in [-0.15, -0.1) is 22.7 Å². The van der Waals surface area contributed by atoms with Crippen LogP contribution in [0, 0.1) is 5.92 Å². The average molecular weight is 335 g/mol. The Balaban J connectivity index is 1.41. The zero-order valence-electron chi connectivity index (χ0n) is 12.7. The molecular formula is C17H22N2OS2. The van der Waals surface area contributed by atoms with E-state index in [1.54, 1.807) is 11.3 Å². The molecule has 0 aromatic carbocycles. The van der Waals surface area contributed by atoms with Crippen molar-refractivity contribution in [3.63, 3.8) is 0 Å². The van der Waals surface area contributed by atoms with Crippen molar-refractivity contribution in [2.24, 2.45) is 5.92 Å². The highest BCUT2D eigenvalue weighted by Crippen LogP contribution is 2.20. The zero-order chi connectivity index (χ0) is 15.2. The average Bonchev–Trinajstić information content (AvgIpc) is 3.19. The Bertz CT molecular complexity index is 566. The normalized spacial score (nSPS) is 19.2. The Kier molecular flexibility index (Phi) is 5.64. The Labute approximate surface area is 140 Å². The molecule has 0 unspecified atom stereocenters. The maximum absolute atomic E-state index is 12.0. The molecular weight excluding hydrogens is 312 g/mol. The summed E-state index contributed by atoms with van der Waals surface area (Å²) >= 11 is 3.48. The molecule has 1 aliphatic rings. The highest BCUT2D eigenvalue weighted by Gasteiger charge is 2.20. The molecule has 1 aliphatic heterocycles. The maximum Gasteiger partial charge on any atom is 0.225 e. The van der Waals surface area contributed by atoms with Crippen LogP contribution in [0.4, 0.5) is 0 Å². The number of amides is 1. The van der Waals surface area contributed by atoms with Gasteiger partial charge in [-0.05, 0) is 48.2 Å². The van der Waals surface area contributed by atoms with Gasteiger partial charge < -0.3 is 5.32 Å². The van der Waals surface area contributed by atoms with Gasteiger partial charge in [0, 0.05) is 29.4 Å². The third-order valence-corrected chi connectivity index (χ3v) is 5.80. The predicted molar refractivity (Wildman–Crippen MR) is 93.4 cm³/mol. The van der Waals surface area contributed by atoms with Crippen molar-refractivity contribution in [3.05, 3.63) is 44.8 Å². The quantitative estimate of drug-likeness (QED) is 0.878. The van der Waals surface area contributed by atoms with Gasteiger partial charge in [-0.2, -0.15) is 0 Å². The molecule has 3 nitrogen and oxygen atoms in total. The lowest BCUT2D eigenvalue weighted by molar-refractivity contribution is -0.120. The fraction of sp³-hybridized carbons (Fsp3) is 0.471. The Morgan fingerprint density at radius 1 is 1.23 bits per heavy atom. The number of hydrogen-bond acceptors (Lipinski definition) is 4. The fourth-order valence-corrected chi connectivity index (χ4v) is 4.43. The van der Waals surface area contributed by atoms with Crippen LogP contribution in [0.5, 0.6) is 0 Å². The lowest BCUT2D eigenvalue weighted by atomic mass is 9.98. The van der Waals surface area contributed by atoms with E-state index in [1.807, 2.05) is 28.8 Å². The first-order valence-corrected chi connectivity index (χ1v) is 9.59. The molecule has 0 spiro atoms. The van der Waals surface area contributed by atoms with Crippen molar-refractivity contribution in [3.8, 4) is 0 Å². The van der Waals surface area contributed by atoms with Gasteiger partial charge in [-0.25, -0.2) is 0 Å². The summed E-state index contributed by atoms with van der Waals surface area (Å²) in [5.74, 6) is 0.735. The first kappa shape index (κ1) is 15.7. The molecule has 1 amide bonds. The molecule has 22 heavy (non-hydrogen) atoms. The third kappa shape index (κ3) is 4.66. The molecule has 0 aliphatic carbocycles. The fourth-order valence-electron chi connectivity index (χ4n) is 2.98. The summed E-state index contributed by atoms with van der Waals surface area (Å²) in [5.41, 5.74) is 0. The summed E-state index contributed by atoms with van der Waals surface area (Å²) in [6.45, 7) is 4.14. The van der Waals surface area contributed by atoms with Gasteiger partial charge in [0.25, 0.3) is 0 Å². The summed E-state index contributed by atoms with van der Waals surface area (Å²) in [4.78, 5) is 17.1. The van der Waals surface area contributed by atoms with Gasteiger partial charge >= 0.3 is 0 Å². The molecule has 1 N–H and O–H groups in total. The topological polar surface area (TPSA) is 32.3 Å². The molecule has 1 saturated heterocycles. The Morgan fingerprint density at radius 2 is 2.00 bits per heavy atom. The van der Waals surface area contributed by atoms with Crippen molar-refractivity contribution >= 4 is 28.6 Å². The van der Waals surface area contributed by atoms with Crippen LogP contribution >= 0.6 is 22.7 Å². The van der Waals surface area contributed by atoms with E-state index in [9.17, 15) is 4.79 Å². The number of nitrogens with zero attached hydrogens (tertiary/aromatic N) is 1. The van der Waals surface area contributed by atoms with Crippen molar-refractivity contribution in [2.45, 2.75) is 25.8 Å². The van der Waals surface area contributed by atoms with E-state index in [4.69, 9.17) is 0 Å². The van der Waals surface area contributed by atoms with Crippen molar-refractivity contribution < 1.29 is 4.79 Å². The summed E-state index contributed by atoms with van der Waals surface area (Å²) in [5, 5.41) is 7.27. The van der Waals surface area contributed by atoms with Crippen LogP contribution in [0.15, 0.2) is 35.0 Å². The van der Waals surface area contributed by atoms with Gasteiger partial charge in [0.2, 0.25) is 5.91 Å². The van der Waals surface area contributed by atoms with E-state index in [2.05, 4.69) is 27.7 Å². The zero-order valence-corrected chi connectivity index (χ0v) is 14.3. The lowest BCUT2D eigenvalue weighted by Crippen LogP contribution is -2.40. The largest absolute Gasteiger partial charge is 0.355 e. The standard InChI is InChI=1S/C17H22N2OS2/c20-17(10-15-5-2-8-21-15)18-11-14-4-1-7-19(12-14)13-16-6-3-9-22-16/h2-3,5-6,8-9,14H,1,4,7,10-13H2,(H,18,20)/t14-/m0/s1.